The van der Waals surface area contributed by atoms with E-state index in [0.717, 1.165) is 29.0 Å². The Balaban J connectivity index is 2.04. The average Bonchev–Trinajstić information content (AvgIpc) is 2.97. The van der Waals surface area contributed by atoms with Crippen molar-refractivity contribution in [2.75, 3.05) is 17.2 Å². The minimum Gasteiger partial charge on any atom is -0.467 e. The van der Waals surface area contributed by atoms with Crippen LogP contribution in [0.4, 0.5) is 11.5 Å². The standard InChI is InChI=1S/C15H16N4O/c1-2-19(9-12-4-3-7-20-12)15-13-8-11(16)5-6-14(13)17-10-18-15/h3-8,10H,2,9,16H2,1H3. The molecule has 0 aliphatic heterocycles. The lowest BCUT2D eigenvalue weighted by atomic mass is 10.2. The molecule has 3 aromatic rings. The Labute approximate surface area is 117 Å². The minimum absolute atomic E-state index is 0.671. The number of nitrogens with zero attached hydrogens (tertiary/aromatic N) is 3. The van der Waals surface area contributed by atoms with Gasteiger partial charge in [-0.3, -0.25) is 0 Å². The van der Waals surface area contributed by atoms with Crippen LogP contribution >= 0.6 is 0 Å². The van der Waals surface area contributed by atoms with Gasteiger partial charge in [0.15, 0.2) is 0 Å². The zero-order chi connectivity index (χ0) is 13.9. The lowest BCUT2D eigenvalue weighted by Crippen LogP contribution is -2.23. The number of nitrogens with two attached hydrogens (primary N) is 1. The van der Waals surface area contributed by atoms with Crippen LogP contribution in [0, 0.1) is 0 Å². The summed E-state index contributed by atoms with van der Waals surface area (Å²) in [6.45, 7) is 3.58. The van der Waals surface area contributed by atoms with Crippen LogP contribution in [0.25, 0.3) is 10.9 Å². The Hall–Kier alpha value is -2.56. The predicted molar refractivity (Wildman–Crippen MR) is 79.4 cm³/mol. The molecule has 5 heteroatoms. The van der Waals surface area contributed by atoms with Gasteiger partial charge < -0.3 is 15.1 Å². The predicted octanol–water partition coefficient (Wildman–Crippen LogP) is 2.83. The molecule has 20 heavy (non-hydrogen) atoms. The normalized spacial score (nSPS) is 10.8. The van der Waals surface area contributed by atoms with Crippen molar-refractivity contribution in [2.45, 2.75) is 13.5 Å². The molecule has 0 atom stereocenters. The fourth-order valence-corrected chi connectivity index (χ4v) is 2.24. The Morgan fingerprint density at radius 1 is 1.25 bits per heavy atom. The second-order valence-corrected chi connectivity index (χ2v) is 4.57. The van der Waals surface area contributed by atoms with Gasteiger partial charge in [-0.15, -0.1) is 0 Å². The van der Waals surface area contributed by atoms with Gasteiger partial charge in [-0.05, 0) is 37.3 Å². The topological polar surface area (TPSA) is 68.2 Å². The third kappa shape index (κ3) is 2.30. The number of anilines is 2. The molecule has 2 heterocycles. The van der Waals surface area contributed by atoms with Crippen LogP contribution < -0.4 is 10.6 Å². The first-order valence-electron chi connectivity index (χ1n) is 6.55. The fraction of sp³-hybridized carbons (Fsp3) is 0.200. The van der Waals surface area contributed by atoms with Gasteiger partial charge in [-0.25, -0.2) is 9.97 Å². The first-order valence-corrected chi connectivity index (χ1v) is 6.55. The number of furan rings is 1. The van der Waals surface area contributed by atoms with Gasteiger partial charge in [0.1, 0.15) is 17.9 Å². The smallest absolute Gasteiger partial charge is 0.140 e. The van der Waals surface area contributed by atoms with Crippen molar-refractivity contribution < 1.29 is 4.42 Å². The fourth-order valence-electron chi connectivity index (χ4n) is 2.24. The zero-order valence-electron chi connectivity index (χ0n) is 11.3. The van der Waals surface area contributed by atoms with Crippen molar-refractivity contribution >= 4 is 22.4 Å². The van der Waals surface area contributed by atoms with Crippen molar-refractivity contribution in [3.63, 3.8) is 0 Å². The van der Waals surface area contributed by atoms with E-state index in [-0.39, 0.29) is 0 Å². The quantitative estimate of drug-likeness (QED) is 0.737. The summed E-state index contributed by atoms with van der Waals surface area (Å²) in [6, 6.07) is 9.52. The van der Waals surface area contributed by atoms with Crippen LogP contribution in [0.1, 0.15) is 12.7 Å². The van der Waals surface area contributed by atoms with Gasteiger partial charge in [-0.1, -0.05) is 0 Å². The van der Waals surface area contributed by atoms with E-state index in [1.165, 1.54) is 0 Å². The van der Waals surface area contributed by atoms with Crippen LogP contribution in [0.3, 0.4) is 0 Å². The minimum atomic E-state index is 0.671. The summed E-state index contributed by atoms with van der Waals surface area (Å²) >= 11 is 0. The molecule has 1 aromatic carbocycles. The Morgan fingerprint density at radius 2 is 2.15 bits per heavy atom. The molecule has 0 aliphatic carbocycles. The second-order valence-electron chi connectivity index (χ2n) is 4.57. The molecule has 0 bridgehead atoms. The van der Waals surface area contributed by atoms with E-state index in [2.05, 4.69) is 21.8 Å². The summed E-state index contributed by atoms with van der Waals surface area (Å²) in [4.78, 5) is 10.8. The highest BCUT2D eigenvalue weighted by molar-refractivity contribution is 5.91. The van der Waals surface area contributed by atoms with Gasteiger partial charge in [0.05, 0.1) is 18.3 Å². The maximum Gasteiger partial charge on any atom is 0.140 e. The van der Waals surface area contributed by atoms with Gasteiger partial charge in [0.25, 0.3) is 0 Å². The van der Waals surface area contributed by atoms with E-state index in [9.17, 15) is 0 Å². The highest BCUT2D eigenvalue weighted by atomic mass is 16.3. The SMILES string of the molecule is CCN(Cc1ccco1)c1ncnc2ccc(N)cc12. The van der Waals surface area contributed by atoms with Crippen molar-refractivity contribution in [3.8, 4) is 0 Å². The lowest BCUT2D eigenvalue weighted by Gasteiger charge is -2.22. The molecule has 0 fully saturated rings. The van der Waals surface area contributed by atoms with Gasteiger partial charge in [0, 0.05) is 17.6 Å². The van der Waals surface area contributed by atoms with Crippen molar-refractivity contribution in [2.24, 2.45) is 0 Å². The molecule has 0 saturated carbocycles. The molecule has 2 N–H and O–H groups in total. The van der Waals surface area contributed by atoms with E-state index in [0.29, 0.717) is 12.2 Å². The second kappa shape index (κ2) is 5.21. The molecular formula is C15H16N4O. The molecule has 0 aliphatic rings. The van der Waals surface area contributed by atoms with Gasteiger partial charge in [-0.2, -0.15) is 0 Å². The van der Waals surface area contributed by atoms with Crippen LogP contribution in [-0.2, 0) is 6.54 Å². The zero-order valence-corrected chi connectivity index (χ0v) is 11.3. The molecule has 0 unspecified atom stereocenters. The number of benzene rings is 1. The molecular weight excluding hydrogens is 252 g/mol. The third-order valence-corrected chi connectivity index (χ3v) is 3.25. The first kappa shape index (κ1) is 12.5. The van der Waals surface area contributed by atoms with Gasteiger partial charge >= 0.3 is 0 Å². The molecule has 5 nitrogen and oxygen atoms in total. The largest absolute Gasteiger partial charge is 0.467 e. The van der Waals surface area contributed by atoms with E-state index < -0.39 is 0 Å². The molecule has 3 rings (SSSR count). The number of fused-ring (bicyclic) bond motifs is 1. The number of nitrogen functional groups attached to an aromatic ring is 1. The summed E-state index contributed by atoms with van der Waals surface area (Å²) in [5.74, 6) is 1.78. The Morgan fingerprint density at radius 3 is 2.90 bits per heavy atom. The highest BCUT2D eigenvalue weighted by Crippen LogP contribution is 2.26. The summed E-state index contributed by atoms with van der Waals surface area (Å²) in [5.41, 5.74) is 7.48. The molecule has 102 valence electrons. The van der Waals surface area contributed by atoms with Crippen LogP contribution in [0.2, 0.25) is 0 Å². The molecule has 0 amide bonds. The lowest BCUT2D eigenvalue weighted by molar-refractivity contribution is 0.503. The molecule has 2 aromatic heterocycles. The summed E-state index contributed by atoms with van der Waals surface area (Å²) in [5, 5.41) is 0.959. The molecule has 0 radical (unpaired) electrons. The number of rotatable bonds is 4. The van der Waals surface area contributed by atoms with Crippen LogP contribution in [-0.4, -0.2) is 16.5 Å². The van der Waals surface area contributed by atoms with Crippen molar-refractivity contribution in [1.82, 2.24) is 9.97 Å². The third-order valence-electron chi connectivity index (χ3n) is 3.25. The van der Waals surface area contributed by atoms with Crippen molar-refractivity contribution in [3.05, 3.63) is 48.7 Å². The molecule has 0 saturated heterocycles. The number of hydrogen-bond acceptors (Lipinski definition) is 5. The molecule has 0 spiro atoms. The maximum atomic E-state index is 5.88. The number of aromatic nitrogens is 2. The van der Waals surface area contributed by atoms with E-state index in [1.807, 2.05) is 30.3 Å². The van der Waals surface area contributed by atoms with E-state index in [1.54, 1.807) is 12.6 Å². The summed E-state index contributed by atoms with van der Waals surface area (Å²) in [6.07, 6.45) is 3.26. The summed E-state index contributed by atoms with van der Waals surface area (Å²) in [7, 11) is 0. The maximum absolute atomic E-state index is 5.88. The Kier molecular flexibility index (Phi) is 3.25. The first-order chi connectivity index (χ1) is 9.78. The van der Waals surface area contributed by atoms with Gasteiger partial charge in [0.2, 0.25) is 0 Å². The Bertz CT molecular complexity index is 709. The highest BCUT2D eigenvalue weighted by Gasteiger charge is 2.12. The average molecular weight is 268 g/mol. The monoisotopic (exact) mass is 268 g/mol. The number of hydrogen-bond donors (Lipinski definition) is 1. The van der Waals surface area contributed by atoms with Crippen molar-refractivity contribution in [1.29, 1.82) is 0 Å². The summed E-state index contributed by atoms with van der Waals surface area (Å²) < 4.78 is 5.41. The van der Waals surface area contributed by atoms with Crippen LogP contribution in [0.15, 0.2) is 47.3 Å². The van der Waals surface area contributed by atoms with E-state index >= 15 is 0 Å². The van der Waals surface area contributed by atoms with E-state index in [4.69, 9.17) is 10.2 Å². The van der Waals surface area contributed by atoms with Crippen LogP contribution in [0.5, 0.6) is 0 Å².